The number of nitrogens with one attached hydrogen (secondary N) is 2. The Balaban J connectivity index is 1.83. The van der Waals surface area contributed by atoms with Crippen molar-refractivity contribution in [2.75, 3.05) is 53.5 Å². The lowest BCUT2D eigenvalue weighted by Crippen LogP contribution is -2.43. The molecule has 0 saturated carbocycles. The molecule has 1 aliphatic heterocycles. The maximum absolute atomic E-state index is 6.29. The summed E-state index contributed by atoms with van der Waals surface area (Å²) < 4.78 is 10.9. The number of likely N-dealkylation sites (N-methyl/N-ethyl adjacent to an activating group) is 1. The van der Waals surface area contributed by atoms with Crippen molar-refractivity contribution >= 4 is 17.6 Å². The highest BCUT2D eigenvalue weighted by Crippen LogP contribution is 2.22. The van der Waals surface area contributed by atoms with Crippen LogP contribution < -0.4 is 15.4 Å². The van der Waals surface area contributed by atoms with Crippen LogP contribution in [0.1, 0.15) is 12.5 Å². The molecular weight excluding hydrogens is 340 g/mol. The standard InChI is InChI=1S/C18H29ClN4O2/c1-4-20-18(22-12-16-13-23(2)9-10-25-16)21-8-7-14-5-6-15(24-3)11-17(14)19/h5-6,11,16H,4,7-10,12-13H2,1-3H3,(H2,20,21,22). The smallest absolute Gasteiger partial charge is 0.191 e. The minimum absolute atomic E-state index is 0.158. The number of morpholine rings is 1. The van der Waals surface area contributed by atoms with Crippen molar-refractivity contribution in [2.45, 2.75) is 19.4 Å². The first-order valence-electron chi connectivity index (χ1n) is 8.77. The van der Waals surface area contributed by atoms with Gasteiger partial charge in [0.05, 0.1) is 26.4 Å². The van der Waals surface area contributed by atoms with Crippen LogP contribution in [0.2, 0.25) is 5.02 Å². The van der Waals surface area contributed by atoms with Crippen LogP contribution in [0.25, 0.3) is 0 Å². The van der Waals surface area contributed by atoms with E-state index in [0.29, 0.717) is 6.54 Å². The lowest BCUT2D eigenvalue weighted by Gasteiger charge is -2.29. The first-order chi connectivity index (χ1) is 12.1. The summed E-state index contributed by atoms with van der Waals surface area (Å²) in [4.78, 5) is 6.92. The van der Waals surface area contributed by atoms with Gasteiger partial charge in [-0.25, -0.2) is 0 Å². The molecule has 1 aromatic rings. The van der Waals surface area contributed by atoms with Gasteiger partial charge in [-0.05, 0) is 38.1 Å². The van der Waals surface area contributed by atoms with E-state index in [1.54, 1.807) is 7.11 Å². The van der Waals surface area contributed by atoms with Crippen LogP contribution in [0, 0.1) is 0 Å². The van der Waals surface area contributed by atoms with E-state index in [2.05, 4.69) is 34.5 Å². The average molecular weight is 369 g/mol. The van der Waals surface area contributed by atoms with Crippen molar-refractivity contribution in [3.05, 3.63) is 28.8 Å². The Bertz CT molecular complexity index is 568. The molecule has 1 heterocycles. The second kappa shape index (κ2) is 10.5. The molecule has 2 rings (SSSR count). The Labute approximate surface area is 155 Å². The lowest BCUT2D eigenvalue weighted by molar-refractivity contribution is -0.0136. The molecular formula is C18H29ClN4O2. The molecule has 1 aliphatic rings. The first-order valence-corrected chi connectivity index (χ1v) is 9.15. The molecule has 0 radical (unpaired) electrons. The molecule has 0 spiro atoms. The molecule has 1 unspecified atom stereocenters. The van der Waals surface area contributed by atoms with Gasteiger partial charge in [-0.15, -0.1) is 0 Å². The summed E-state index contributed by atoms with van der Waals surface area (Å²) in [5.41, 5.74) is 1.09. The summed E-state index contributed by atoms with van der Waals surface area (Å²) in [6.07, 6.45) is 0.973. The third kappa shape index (κ3) is 6.72. The number of halogens is 1. The van der Waals surface area contributed by atoms with Crippen LogP contribution in [0.4, 0.5) is 0 Å². The number of aliphatic imine (C=N–C) groups is 1. The van der Waals surface area contributed by atoms with Crippen LogP contribution in [0.5, 0.6) is 5.75 Å². The zero-order valence-electron chi connectivity index (χ0n) is 15.3. The fourth-order valence-electron chi connectivity index (χ4n) is 2.69. The minimum Gasteiger partial charge on any atom is -0.497 e. The normalized spacial score (nSPS) is 18.9. The highest BCUT2D eigenvalue weighted by atomic mass is 35.5. The quantitative estimate of drug-likeness (QED) is 0.567. The second-order valence-electron chi connectivity index (χ2n) is 6.11. The number of benzene rings is 1. The van der Waals surface area contributed by atoms with Gasteiger partial charge in [-0.1, -0.05) is 17.7 Å². The van der Waals surface area contributed by atoms with E-state index in [0.717, 1.165) is 61.5 Å². The van der Waals surface area contributed by atoms with Gasteiger partial charge in [-0.2, -0.15) is 0 Å². The molecule has 1 atom stereocenters. The fraction of sp³-hybridized carbons (Fsp3) is 0.611. The maximum atomic E-state index is 6.29. The summed E-state index contributed by atoms with van der Waals surface area (Å²) >= 11 is 6.29. The lowest BCUT2D eigenvalue weighted by atomic mass is 10.1. The molecule has 0 amide bonds. The van der Waals surface area contributed by atoms with E-state index in [1.165, 1.54) is 0 Å². The van der Waals surface area contributed by atoms with Gasteiger partial charge < -0.3 is 25.0 Å². The Morgan fingerprint density at radius 2 is 2.28 bits per heavy atom. The Morgan fingerprint density at radius 1 is 1.44 bits per heavy atom. The number of rotatable bonds is 7. The van der Waals surface area contributed by atoms with Crippen LogP contribution in [-0.2, 0) is 11.2 Å². The minimum atomic E-state index is 0.158. The van der Waals surface area contributed by atoms with Crippen molar-refractivity contribution in [1.29, 1.82) is 0 Å². The van der Waals surface area contributed by atoms with Crippen LogP contribution >= 0.6 is 11.6 Å². The molecule has 0 bridgehead atoms. The molecule has 1 fully saturated rings. The van der Waals surface area contributed by atoms with Crippen molar-refractivity contribution in [3.8, 4) is 5.75 Å². The summed E-state index contributed by atoms with van der Waals surface area (Å²) in [7, 11) is 3.75. The second-order valence-corrected chi connectivity index (χ2v) is 6.52. The third-order valence-electron chi connectivity index (χ3n) is 4.09. The van der Waals surface area contributed by atoms with Crippen molar-refractivity contribution in [3.63, 3.8) is 0 Å². The van der Waals surface area contributed by atoms with E-state index in [-0.39, 0.29) is 6.10 Å². The number of hydrogen-bond acceptors (Lipinski definition) is 4. The van der Waals surface area contributed by atoms with Gasteiger partial charge in [0.1, 0.15) is 5.75 Å². The Hall–Kier alpha value is -1.50. The number of hydrogen-bond donors (Lipinski definition) is 2. The first kappa shape index (κ1) is 19.8. The van der Waals surface area contributed by atoms with Crippen LogP contribution in [0.15, 0.2) is 23.2 Å². The Kier molecular flexibility index (Phi) is 8.31. The fourth-order valence-corrected chi connectivity index (χ4v) is 2.95. The van der Waals surface area contributed by atoms with Gasteiger partial charge in [0, 0.05) is 31.2 Å². The average Bonchev–Trinajstić information content (AvgIpc) is 2.61. The molecule has 140 valence electrons. The van der Waals surface area contributed by atoms with E-state index in [1.807, 2.05) is 18.2 Å². The largest absolute Gasteiger partial charge is 0.497 e. The van der Waals surface area contributed by atoms with Crippen LogP contribution in [0.3, 0.4) is 0 Å². The zero-order chi connectivity index (χ0) is 18.1. The van der Waals surface area contributed by atoms with Crippen molar-refractivity contribution < 1.29 is 9.47 Å². The van der Waals surface area contributed by atoms with E-state index in [4.69, 9.17) is 21.1 Å². The zero-order valence-corrected chi connectivity index (χ0v) is 16.1. The predicted molar refractivity (Wildman–Crippen MR) is 103 cm³/mol. The summed E-state index contributed by atoms with van der Waals surface area (Å²) in [6.45, 7) is 6.97. The van der Waals surface area contributed by atoms with Gasteiger partial charge >= 0.3 is 0 Å². The third-order valence-corrected chi connectivity index (χ3v) is 4.44. The SMILES string of the molecule is CCNC(=NCC1CN(C)CCO1)NCCc1ccc(OC)cc1Cl. The maximum Gasteiger partial charge on any atom is 0.191 e. The van der Waals surface area contributed by atoms with Crippen molar-refractivity contribution in [1.82, 2.24) is 15.5 Å². The van der Waals surface area contributed by atoms with E-state index >= 15 is 0 Å². The van der Waals surface area contributed by atoms with Crippen molar-refractivity contribution in [2.24, 2.45) is 4.99 Å². The van der Waals surface area contributed by atoms with Gasteiger partial charge in [0.15, 0.2) is 5.96 Å². The van der Waals surface area contributed by atoms with Crippen LogP contribution in [-0.4, -0.2) is 70.5 Å². The topological polar surface area (TPSA) is 58.1 Å². The monoisotopic (exact) mass is 368 g/mol. The summed E-state index contributed by atoms with van der Waals surface area (Å²) in [6, 6.07) is 5.77. The molecule has 0 aliphatic carbocycles. The molecule has 1 aromatic carbocycles. The van der Waals surface area contributed by atoms with E-state index < -0.39 is 0 Å². The number of guanidine groups is 1. The highest BCUT2D eigenvalue weighted by Gasteiger charge is 2.17. The molecule has 25 heavy (non-hydrogen) atoms. The molecule has 1 saturated heterocycles. The molecule has 6 nitrogen and oxygen atoms in total. The molecule has 2 N–H and O–H groups in total. The number of ether oxygens (including phenoxy) is 2. The van der Waals surface area contributed by atoms with Gasteiger partial charge in [0.25, 0.3) is 0 Å². The number of nitrogens with zero attached hydrogens (tertiary/aromatic N) is 2. The molecule has 7 heteroatoms. The summed E-state index contributed by atoms with van der Waals surface area (Å²) in [5, 5.41) is 7.35. The highest BCUT2D eigenvalue weighted by molar-refractivity contribution is 6.31. The molecule has 0 aromatic heterocycles. The Morgan fingerprint density at radius 3 is 2.96 bits per heavy atom. The summed E-state index contributed by atoms with van der Waals surface area (Å²) in [5.74, 6) is 1.58. The predicted octanol–water partition coefficient (Wildman–Crippen LogP) is 1.78. The van der Waals surface area contributed by atoms with Gasteiger partial charge in [0.2, 0.25) is 0 Å². The van der Waals surface area contributed by atoms with E-state index in [9.17, 15) is 0 Å². The van der Waals surface area contributed by atoms with Gasteiger partial charge in [-0.3, -0.25) is 4.99 Å². The number of methoxy groups -OCH3 is 1.